The Bertz CT molecular complexity index is 443. The summed E-state index contributed by atoms with van der Waals surface area (Å²) >= 11 is 0. The lowest BCUT2D eigenvalue weighted by molar-refractivity contribution is -0.131. The summed E-state index contributed by atoms with van der Waals surface area (Å²) in [5, 5.41) is 8.51. The molecule has 0 saturated heterocycles. The third-order valence-electron chi connectivity index (χ3n) is 1.84. The van der Waals surface area contributed by atoms with Gasteiger partial charge >= 0.3 is 5.97 Å². The predicted octanol–water partition coefficient (Wildman–Crippen LogP) is 0.153. The Hall–Kier alpha value is -2.34. The molecule has 4 N–H and O–H groups in total. The second-order valence-electron chi connectivity index (χ2n) is 3.07. The number of carbonyl (C=O) groups excluding carboxylic acids is 1. The van der Waals surface area contributed by atoms with Crippen molar-refractivity contribution in [3.8, 4) is 5.75 Å². The van der Waals surface area contributed by atoms with Crippen molar-refractivity contribution in [2.45, 2.75) is 0 Å². The van der Waals surface area contributed by atoms with Gasteiger partial charge < -0.3 is 9.84 Å². The van der Waals surface area contributed by atoms with Crippen molar-refractivity contribution >= 4 is 18.0 Å². The molecule has 90 valence electrons. The number of carbonyl (C=O) groups is 2. The van der Waals surface area contributed by atoms with Crippen LogP contribution in [-0.2, 0) is 9.59 Å². The van der Waals surface area contributed by atoms with E-state index in [1.807, 2.05) is 5.43 Å². The molecule has 17 heavy (non-hydrogen) atoms. The number of hydrazine groups is 1. The molecule has 0 aliphatic rings. The highest BCUT2D eigenvalue weighted by Crippen LogP contribution is 2.19. The van der Waals surface area contributed by atoms with E-state index in [0.29, 0.717) is 11.3 Å². The van der Waals surface area contributed by atoms with Crippen LogP contribution in [0, 0.1) is 0 Å². The standard InChI is InChI=1S/C11H12N2O4/c12-13-10(14)7-17-9-4-2-1-3-8(9)5-6-11(15)16/h1-6H,7,12H2,(H,13,14)(H,15,16). The fourth-order valence-corrected chi connectivity index (χ4v) is 1.10. The lowest BCUT2D eigenvalue weighted by atomic mass is 10.2. The highest BCUT2D eigenvalue weighted by Gasteiger charge is 2.03. The van der Waals surface area contributed by atoms with Crippen LogP contribution in [0.2, 0.25) is 0 Å². The smallest absolute Gasteiger partial charge is 0.328 e. The van der Waals surface area contributed by atoms with Gasteiger partial charge in [0, 0.05) is 11.6 Å². The first-order chi connectivity index (χ1) is 8.13. The van der Waals surface area contributed by atoms with Crippen molar-refractivity contribution in [1.29, 1.82) is 0 Å². The molecular formula is C11H12N2O4. The maximum atomic E-state index is 10.9. The van der Waals surface area contributed by atoms with Crippen LogP contribution >= 0.6 is 0 Å². The van der Waals surface area contributed by atoms with Gasteiger partial charge in [-0.3, -0.25) is 10.2 Å². The summed E-state index contributed by atoms with van der Waals surface area (Å²) in [6.45, 7) is -0.228. The zero-order valence-corrected chi connectivity index (χ0v) is 8.92. The summed E-state index contributed by atoms with van der Waals surface area (Å²) in [6, 6.07) is 6.76. The fraction of sp³-hybridized carbons (Fsp3) is 0.0909. The molecule has 0 fully saturated rings. The highest BCUT2D eigenvalue weighted by atomic mass is 16.5. The summed E-state index contributed by atoms with van der Waals surface area (Å²) < 4.78 is 5.19. The van der Waals surface area contributed by atoms with Crippen LogP contribution in [0.25, 0.3) is 6.08 Å². The first-order valence-electron chi connectivity index (χ1n) is 4.75. The van der Waals surface area contributed by atoms with Crippen LogP contribution in [0.5, 0.6) is 5.75 Å². The number of hydrogen-bond donors (Lipinski definition) is 3. The van der Waals surface area contributed by atoms with E-state index in [1.165, 1.54) is 6.08 Å². The number of para-hydroxylation sites is 1. The van der Waals surface area contributed by atoms with Gasteiger partial charge in [0.05, 0.1) is 0 Å². The number of benzene rings is 1. The Morgan fingerprint density at radius 2 is 2.12 bits per heavy atom. The van der Waals surface area contributed by atoms with Crippen molar-refractivity contribution in [2.24, 2.45) is 5.84 Å². The minimum atomic E-state index is -1.06. The van der Waals surface area contributed by atoms with E-state index >= 15 is 0 Å². The Morgan fingerprint density at radius 3 is 2.76 bits per heavy atom. The third-order valence-corrected chi connectivity index (χ3v) is 1.84. The Balaban J connectivity index is 2.77. The summed E-state index contributed by atoms with van der Waals surface area (Å²) in [7, 11) is 0. The van der Waals surface area contributed by atoms with Crippen molar-refractivity contribution in [3.63, 3.8) is 0 Å². The third kappa shape index (κ3) is 4.35. The summed E-state index contributed by atoms with van der Waals surface area (Å²) in [4.78, 5) is 21.3. The van der Waals surface area contributed by atoms with Gasteiger partial charge in [-0.15, -0.1) is 0 Å². The van der Waals surface area contributed by atoms with Crippen molar-refractivity contribution in [2.75, 3.05) is 6.61 Å². The molecule has 6 nitrogen and oxygen atoms in total. The topological polar surface area (TPSA) is 102 Å². The first kappa shape index (κ1) is 12.7. The highest BCUT2D eigenvalue weighted by molar-refractivity contribution is 5.86. The van der Waals surface area contributed by atoms with Crippen LogP contribution in [-0.4, -0.2) is 23.6 Å². The van der Waals surface area contributed by atoms with Gasteiger partial charge in [-0.1, -0.05) is 18.2 Å². The van der Waals surface area contributed by atoms with Gasteiger partial charge in [-0.2, -0.15) is 0 Å². The van der Waals surface area contributed by atoms with Crippen LogP contribution in [0.1, 0.15) is 5.56 Å². The minimum absolute atomic E-state index is 0.228. The molecule has 0 aliphatic heterocycles. The molecule has 0 aromatic heterocycles. The second kappa shape index (κ2) is 6.29. The van der Waals surface area contributed by atoms with Gasteiger partial charge in [0.2, 0.25) is 0 Å². The molecule has 6 heteroatoms. The Labute approximate surface area is 97.7 Å². The quantitative estimate of drug-likeness (QED) is 0.292. The molecule has 0 atom stereocenters. The monoisotopic (exact) mass is 236 g/mol. The van der Waals surface area contributed by atoms with E-state index in [9.17, 15) is 9.59 Å². The number of nitrogens with two attached hydrogens (primary N) is 1. The van der Waals surface area contributed by atoms with E-state index in [4.69, 9.17) is 15.7 Å². The number of rotatable bonds is 5. The van der Waals surface area contributed by atoms with Gasteiger partial charge in [0.1, 0.15) is 5.75 Å². The lowest BCUT2D eigenvalue weighted by Crippen LogP contribution is -2.34. The van der Waals surface area contributed by atoms with E-state index < -0.39 is 11.9 Å². The number of ether oxygens (including phenoxy) is 1. The zero-order valence-electron chi connectivity index (χ0n) is 8.92. The Morgan fingerprint density at radius 1 is 1.41 bits per heavy atom. The van der Waals surface area contributed by atoms with Gasteiger partial charge in [-0.25, -0.2) is 10.6 Å². The van der Waals surface area contributed by atoms with Crippen LogP contribution < -0.4 is 16.0 Å². The van der Waals surface area contributed by atoms with Crippen molar-refractivity contribution in [3.05, 3.63) is 35.9 Å². The average molecular weight is 236 g/mol. The lowest BCUT2D eigenvalue weighted by Gasteiger charge is -2.07. The predicted molar refractivity (Wildman–Crippen MR) is 60.9 cm³/mol. The number of carboxylic acids is 1. The molecule has 1 amide bonds. The summed E-state index contributed by atoms with van der Waals surface area (Å²) in [5.74, 6) is 3.79. The van der Waals surface area contributed by atoms with E-state index in [0.717, 1.165) is 6.08 Å². The molecule has 1 aromatic rings. The molecule has 0 aliphatic carbocycles. The molecule has 1 rings (SSSR count). The number of carboxylic acid groups (broad SMARTS) is 1. The first-order valence-corrected chi connectivity index (χ1v) is 4.75. The van der Waals surface area contributed by atoms with Crippen LogP contribution in [0.3, 0.4) is 0 Å². The molecule has 0 unspecified atom stereocenters. The Kier molecular flexibility index (Phi) is 4.71. The van der Waals surface area contributed by atoms with Gasteiger partial charge in [0.25, 0.3) is 5.91 Å². The molecule has 0 bridgehead atoms. The van der Waals surface area contributed by atoms with Crippen LogP contribution in [0.4, 0.5) is 0 Å². The SMILES string of the molecule is NNC(=O)COc1ccccc1C=CC(=O)O. The second-order valence-corrected chi connectivity index (χ2v) is 3.07. The van der Waals surface area contributed by atoms with Gasteiger partial charge in [-0.05, 0) is 12.1 Å². The maximum absolute atomic E-state index is 10.9. The largest absolute Gasteiger partial charge is 0.483 e. The molecular weight excluding hydrogens is 224 g/mol. The average Bonchev–Trinajstić information content (AvgIpc) is 2.34. The summed E-state index contributed by atoms with van der Waals surface area (Å²) in [6.07, 6.45) is 2.38. The normalized spacial score (nSPS) is 10.2. The van der Waals surface area contributed by atoms with Crippen LogP contribution in [0.15, 0.2) is 30.3 Å². The minimum Gasteiger partial charge on any atom is -0.483 e. The molecule has 0 radical (unpaired) electrons. The maximum Gasteiger partial charge on any atom is 0.328 e. The fourth-order valence-electron chi connectivity index (χ4n) is 1.10. The van der Waals surface area contributed by atoms with Crippen molar-refractivity contribution in [1.82, 2.24) is 5.43 Å². The summed E-state index contributed by atoms with van der Waals surface area (Å²) in [5.41, 5.74) is 2.50. The molecule has 1 aromatic carbocycles. The zero-order chi connectivity index (χ0) is 12.7. The van der Waals surface area contributed by atoms with Crippen molar-refractivity contribution < 1.29 is 19.4 Å². The number of nitrogens with one attached hydrogen (secondary N) is 1. The number of aliphatic carboxylic acids is 1. The molecule has 0 saturated carbocycles. The number of amides is 1. The van der Waals surface area contributed by atoms with Gasteiger partial charge in [0.15, 0.2) is 6.61 Å². The molecule has 0 heterocycles. The van der Waals surface area contributed by atoms with E-state index in [-0.39, 0.29) is 6.61 Å². The van der Waals surface area contributed by atoms with E-state index in [2.05, 4.69) is 0 Å². The molecule has 0 spiro atoms. The number of hydrogen-bond acceptors (Lipinski definition) is 4. The van der Waals surface area contributed by atoms with E-state index in [1.54, 1.807) is 24.3 Å².